The third-order valence-electron chi connectivity index (χ3n) is 4.64. The number of hydrogen-bond acceptors (Lipinski definition) is 5. The van der Waals surface area contributed by atoms with Gasteiger partial charge in [-0.1, -0.05) is 6.07 Å². The molecule has 0 fully saturated rings. The lowest BCUT2D eigenvalue weighted by Gasteiger charge is -2.19. The lowest BCUT2D eigenvalue weighted by molar-refractivity contribution is 0.102. The van der Waals surface area contributed by atoms with E-state index in [-0.39, 0.29) is 5.78 Å². The van der Waals surface area contributed by atoms with E-state index < -0.39 is 0 Å². The molecule has 0 saturated heterocycles. The Labute approximate surface area is 167 Å². The highest BCUT2D eigenvalue weighted by Crippen LogP contribution is 2.45. The maximum Gasteiger partial charge on any atom is 0.204 e. The van der Waals surface area contributed by atoms with Gasteiger partial charge in [-0.15, -0.1) is 0 Å². The Balaban J connectivity index is 2.08. The molecule has 27 heavy (non-hydrogen) atoms. The number of hydrogen-bond donors (Lipinski definition) is 0. The molecule has 6 heteroatoms. The van der Waals surface area contributed by atoms with Crippen LogP contribution >= 0.6 is 15.9 Å². The first kappa shape index (κ1) is 19.3. The van der Waals surface area contributed by atoms with E-state index >= 15 is 0 Å². The molecule has 1 aliphatic carbocycles. The lowest BCUT2D eigenvalue weighted by Crippen LogP contribution is -2.14. The van der Waals surface area contributed by atoms with Crippen LogP contribution in [0.2, 0.25) is 0 Å². The molecule has 0 bridgehead atoms. The van der Waals surface area contributed by atoms with E-state index in [1.165, 1.54) is 0 Å². The van der Waals surface area contributed by atoms with Crippen molar-refractivity contribution in [2.45, 2.75) is 12.8 Å². The Bertz CT molecular complexity index is 917. The Morgan fingerprint density at radius 1 is 0.926 bits per heavy atom. The van der Waals surface area contributed by atoms with Gasteiger partial charge < -0.3 is 18.9 Å². The van der Waals surface area contributed by atoms with Crippen LogP contribution in [0, 0.1) is 0 Å². The van der Waals surface area contributed by atoms with E-state index in [2.05, 4.69) is 15.9 Å². The largest absolute Gasteiger partial charge is 0.497 e. The average Bonchev–Trinajstić information content (AvgIpc) is 2.70. The van der Waals surface area contributed by atoms with Crippen molar-refractivity contribution in [2.24, 2.45) is 0 Å². The molecule has 142 valence electrons. The summed E-state index contributed by atoms with van der Waals surface area (Å²) < 4.78 is 22.3. The molecule has 2 aromatic carbocycles. The summed E-state index contributed by atoms with van der Waals surface area (Å²) >= 11 is 3.56. The highest BCUT2D eigenvalue weighted by atomic mass is 79.9. The molecule has 0 unspecified atom stereocenters. The van der Waals surface area contributed by atoms with Crippen LogP contribution in [0.4, 0.5) is 0 Å². The van der Waals surface area contributed by atoms with Gasteiger partial charge in [-0.2, -0.15) is 0 Å². The minimum Gasteiger partial charge on any atom is -0.497 e. The SMILES string of the molecule is COc1ccc2c(c1)C(=O)C(=Cc1cc(OC)c(OC)c(OC)c1Br)CC2. The standard InChI is InChI=1S/C21H21BrO5/c1-24-15-8-7-12-5-6-13(19(23)16(12)11-15)9-14-10-17(25-2)20(26-3)21(27-4)18(14)22/h7-11H,5-6H2,1-4H3. The van der Waals surface area contributed by atoms with E-state index in [4.69, 9.17) is 18.9 Å². The first-order chi connectivity index (χ1) is 13.0. The van der Waals surface area contributed by atoms with Gasteiger partial charge in [-0.05, 0) is 64.2 Å². The molecule has 3 rings (SSSR count). The molecule has 0 spiro atoms. The number of carbonyl (C=O) groups excluding carboxylic acids is 1. The van der Waals surface area contributed by atoms with Gasteiger partial charge in [0.05, 0.1) is 32.9 Å². The lowest BCUT2D eigenvalue weighted by atomic mass is 9.86. The van der Waals surface area contributed by atoms with Crippen LogP contribution in [0.1, 0.15) is 27.9 Å². The van der Waals surface area contributed by atoms with Crippen LogP contribution in [-0.2, 0) is 6.42 Å². The van der Waals surface area contributed by atoms with Gasteiger partial charge in [0.15, 0.2) is 17.3 Å². The molecule has 0 saturated carbocycles. The number of allylic oxidation sites excluding steroid dienone is 1. The Kier molecular flexibility index (Phi) is 5.75. The van der Waals surface area contributed by atoms with Gasteiger partial charge in [0.25, 0.3) is 0 Å². The number of rotatable bonds is 5. The smallest absolute Gasteiger partial charge is 0.204 e. The molecule has 5 nitrogen and oxygen atoms in total. The molecule has 0 heterocycles. The van der Waals surface area contributed by atoms with Gasteiger partial charge in [0, 0.05) is 11.1 Å². The molecular weight excluding hydrogens is 412 g/mol. The first-order valence-electron chi connectivity index (χ1n) is 8.44. The quantitative estimate of drug-likeness (QED) is 0.641. The summed E-state index contributed by atoms with van der Waals surface area (Å²) in [4.78, 5) is 13.0. The third kappa shape index (κ3) is 3.54. The second kappa shape index (κ2) is 8.05. The molecule has 1 aliphatic rings. The number of aryl methyl sites for hydroxylation is 1. The van der Waals surface area contributed by atoms with Gasteiger partial charge in [0.2, 0.25) is 5.75 Å². The van der Waals surface area contributed by atoms with Crippen LogP contribution in [0.5, 0.6) is 23.0 Å². The van der Waals surface area contributed by atoms with E-state index in [1.54, 1.807) is 34.5 Å². The second-order valence-corrected chi connectivity index (χ2v) is 6.86. The highest BCUT2D eigenvalue weighted by Gasteiger charge is 2.24. The van der Waals surface area contributed by atoms with Crippen molar-refractivity contribution in [3.63, 3.8) is 0 Å². The van der Waals surface area contributed by atoms with Crippen LogP contribution in [0.15, 0.2) is 34.3 Å². The fourth-order valence-corrected chi connectivity index (χ4v) is 3.81. The fourth-order valence-electron chi connectivity index (χ4n) is 3.24. The summed E-state index contributed by atoms with van der Waals surface area (Å²) in [6, 6.07) is 7.47. The van der Waals surface area contributed by atoms with Gasteiger partial charge >= 0.3 is 0 Å². The maximum absolute atomic E-state index is 13.0. The zero-order chi connectivity index (χ0) is 19.6. The van der Waals surface area contributed by atoms with E-state index in [1.807, 2.05) is 24.3 Å². The Morgan fingerprint density at radius 3 is 2.30 bits per heavy atom. The maximum atomic E-state index is 13.0. The fraction of sp³-hybridized carbons (Fsp3) is 0.286. The molecule has 0 aliphatic heterocycles. The predicted octanol–water partition coefficient (Wildman–Crippen LogP) is 4.70. The van der Waals surface area contributed by atoms with Crippen molar-refractivity contribution >= 4 is 27.8 Å². The second-order valence-electron chi connectivity index (χ2n) is 6.07. The summed E-state index contributed by atoms with van der Waals surface area (Å²) in [5.41, 5.74) is 3.25. The van der Waals surface area contributed by atoms with Gasteiger partial charge in [0.1, 0.15) is 5.75 Å². The average molecular weight is 433 g/mol. The molecule has 0 N–H and O–H groups in total. The van der Waals surface area contributed by atoms with Crippen molar-refractivity contribution in [3.05, 3.63) is 51.0 Å². The summed E-state index contributed by atoms with van der Waals surface area (Å²) in [5, 5.41) is 0. The number of ether oxygens (including phenoxy) is 4. The Hall–Kier alpha value is -2.47. The number of Topliss-reactive ketones (excluding diaryl/α,β-unsaturated/α-hetero) is 1. The molecule has 0 aromatic heterocycles. The molecular formula is C21H21BrO5. The van der Waals surface area contributed by atoms with Crippen molar-refractivity contribution < 1.29 is 23.7 Å². The minimum absolute atomic E-state index is 0.0100. The molecule has 0 amide bonds. The number of halogens is 1. The molecule has 0 atom stereocenters. The minimum atomic E-state index is 0.0100. The highest BCUT2D eigenvalue weighted by molar-refractivity contribution is 9.10. The van der Waals surface area contributed by atoms with Crippen LogP contribution in [0.3, 0.4) is 0 Å². The van der Waals surface area contributed by atoms with Gasteiger partial charge in [-0.25, -0.2) is 0 Å². The van der Waals surface area contributed by atoms with Crippen LogP contribution < -0.4 is 18.9 Å². The van der Waals surface area contributed by atoms with Crippen molar-refractivity contribution in [1.82, 2.24) is 0 Å². The van der Waals surface area contributed by atoms with Crippen LogP contribution in [-0.4, -0.2) is 34.2 Å². The summed E-state index contributed by atoms with van der Waals surface area (Å²) in [7, 11) is 6.28. The zero-order valence-electron chi connectivity index (χ0n) is 15.7. The summed E-state index contributed by atoms with van der Waals surface area (Å²) in [6.07, 6.45) is 3.35. The van der Waals surface area contributed by atoms with Crippen molar-refractivity contribution in [1.29, 1.82) is 0 Å². The van der Waals surface area contributed by atoms with Crippen molar-refractivity contribution in [3.8, 4) is 23.0 Å². The van der Waals surface area contributed by atoms with E-state index in [9.17, 15) is 4.79 Å². The van der Waals surface area contributed by atoms with Gasteiger partial charge in [-0.3, -0.25) is 4.79 Å². The number of ketones is 1. The van der Waals surface area contributed by atoms with Crippen LogP contribution in [0.25, 0.3) is 6.08 Å². The molecule has 2 aromatic rings. The molecule has 0 radical (unpaired) electrons. The first-order valence-corrected chi connectivity index (χ1v) is 9.24. The third-order valence-corrected chi connectivity index (χ3v) is 5.46. The summed E-state index contributed by atoms with van der Waals surface area (Å²) in [6.45, 7) is 0. The monoisotopic (exact) mass is 432 g/mol. The number of carbonyl (C=O) groups is 1. The number of methoxy groups -OCH3 is 4. The Morgan fingerprint density at radius 2 is 1.67 bits per heavy atom. The zero-order valence-corrected chi connectivity index (χ0v) is 17.3. The summed E-state index contributed by atoms with van der Waals surface area (Å²) in [5.74, 6) is 2.25. The predicted molar refractivity (Wildman–Crippen MR) is 107 cm³/mol. The van der Waals surface area contributed by atoms with E-state index in [0.717, 1.165) is 23.1 Å². The van der Waals surface area contributed by atoms with E-state index in [0.29, 0.717) is 39.5 Å². The number of fused-ring (bicyclic) bond motifs is 1. The van der Waals surface area contributed by atoms with Crippen molar-refractivity contribution in [2.75, 3.05) is 28.4 Å². The topological polar surface area (TPSA) is 54.0 Å². The number of benzene rings is 2. The normalized spacial score (nSPS) is 14.7.